The smallest absolute Gasteiger partial charge is 0.251 e. The Balaban J connectivity index is 1.38. The lowest BCUT2D eigenvalue weighted by Crippen LogP contribution is -2.49. The Morgan fingerprint density at radius 3 is 2.56 bits per heavy atom. The van der Waals surface area contributed by atoms with Crippen molar-refractivity contribution in [2.75, 3.05) is 44.7 Å². The van der Waals surface area contributed by atoms with E-state index < -0.39 is 5.91 Å². The summed E-state index contributed by atoms with van der Waals surface area (Å²) in [5.74, 6) is 0.0372. The van der Waals surface area contributed by atoms with Gasteiger partial charge in [0.25, 0.3) is 5.91 Å². The molecule has 0 aliphatic carbocycles. The number of amides is 1. The molecule has 0 saturated carbocycles. The number of pyridine rings is 1. The summed E-state index contributed by atoms with van der Waals surface area (Å²) < 4.78 is 5.46. The lowest BCUT2D eigenvalue weighted by Gasteiger charge is -2.39. The number of fused-ring (bicyclic) bond motifs is 1. The van der Waals surface area contributed by atoms with Crippen molar-refractivity contribution in [1.82, 2.24) is 25.2 Å². The van der Waals surface area contributed by atoms with Gasteiger partial charge in [-0.05, 0) is 36.6 Å². The maximum atomic E-state index is 12.5. The van der Waals surface area contributed by atoms with Crippen LogP contribution in [0.3, 0.4) is 0 Å². The number of aromatic nitrogens is 3. The second-order valence-corrected chi connectivity index (χ2v) is 10.3. The molecule has 200 valence electrons. The first-order chi connectivity index (χ1) is 19.1. The average Bonchev–Trinajstić information content (AvgIpc) is 2.99. The highest BCUT2D eigenvalue weighted by atomic mass is 16.5. The minimum Gasteiger partial charge on any atom is -0.379 e. The molecule has 2 aliphatic rings. The fraction of sp³-hybridized carbons (Fsp3) is 0.333. The van der Waals surface area contributed by atoms with Gasteiger partial charge < -0.3 is 21.1 Å². The zero-order chi connectivity index (χ0) is 26.7. The average molecular weight is 524 g/mol. The second kappa shape index (κ2) is 11.1. The summed E-state index contributed by atoms with van der Waals surface area (Å²) in [6.45, 7) is 6.01. The standard InChI is InChI=1S/C30H33N7O2/c31-28(38)24-17-25(22-9-7-21(8-10-22)18-37-13-15-39-16-14-37)35-27-26(24)33-20-34-29(27)36-30(11-4-12-32-19-30)23-5-2-1-3-6-23/h1-3,5-10,17,20,32H,4,11-16,18-19H2,(H2,31,38)(H,33,34,36)/t30-/m0/s1. The van der Waals surface area contributed by atoms with E-state index in [1.165, 1.54) is 17.5 Å². The van der Waals surface area contributed by atoms with Crippen molar-refractivity contribution in [2.24, 2.45) is 5.73 Å². The molecule has 2 saturated heterocycles. The van der Waals surface area contributed by atoms with Crippen molar-refractivity contribution >= 4 is 22.8 Å². The minimum absolute atomic E-state index is 0.327. The molecule has 1 amide bonds. The van der Waals surface area contributed by atoms with Gasteiger partial charge in [0.2, 0.25) is 0 Å². The zero-order valence-electron chi connectivity index (χ0n) is 21.9. The third kappa shape index (κ3) is 5.34. The van der Waals surface area contributed by atoms with Crippen LogP contribution in [-0.2, 0) is 16.8 Å². The third-order valence-corrected chi connectivity index (χ3v) is 7.68. The number of benzene rings is 2. The molecule has 9 heteroatoms. The SMILES string of the molecule is NC(=O)c1cc(-c2ccc(CN3CCOCC3)cc2)nc2c(N[C@@]3(c4ccccc4)CCCNC3)ncnc12. The lowest BCUT2D eigenvalue weighted by molar-refractivity contribution is 0.0342. The van der Waals surface area contributed by atoms with Crippen LogP contribution in [0, 0.1) is 0 Å². The molecule has 0 radical (unpaired) electrons. The first-order valence-electron chi connectivity index (χ1n) is 13.5. The summed E-state index contributed by atoms with van der Waals surface area (Å²) >= 11 is 0. The summed E-state index contributed by atoms with van der Waals surface area (Å²) in [4.78, 5) is 28.9. The largest absolute Gasteiger partial charge is 0.379 e. The van der Waals surface area contributed by atoms with E-state index in [4.69, 9.17) is 15.5 Å². The first kappa shape index (κ1) is 25.4. The fourth-order valence-electron chi connectivity index (χ4n) is 5.58. The molecule has 9 nitrogen and oxygen atoms in total. The van der Waals surface area contributed by atoms with Crippen LogP contribution in [0.2, 0.25) is 0 Å². The van der Waals surface area contributed by atoms with Gasteiger partial charge in [-0.2, -0.15) is 0 Å². The minimum atomic E-state index is -0.547. The van der Waals surface area contributed by atoms with Gasteiger partial charge in [0.1, 0.15) is 17.4 Å². The first-order valence-corrected chi connectivity index (χ1v) is 13.5. The van der Waals surface area contributed by atoms with Crippen LogP contribution in [0.25, 0.3) is 22.3 Å². The van der Waals surface area contributed by atoms with Crippen molar-refractivity contribution in [3.8, 4) is 11.3 Å². The highest BCUT2D eigenvalue weighted by molar-refractivity contribution is 6.06. The predicted octanol–water partition coefficient (Wildman–Crippen LogP) is 3.31. The number of carbonyl (C=O) groups excluding carboxylic acids is 1. The summed E-state index contributed by atoms with van der Waals surface area (Å²) in [5, 5.41) is 7.24. The van der Waals surface area contributed by atoms with Gasteiger partial charge in [0.15, 0.2) is 5.82 Å². The Bertz CT molecular complexity index is 1450. The van der Waals surface area contributed by atoms with Crippen molar-refractivity contribution in [3.05, 3.63) is 83.7 Å². The lowest BCUT2D eigenvalue weighted by atomic mass is 9.83. The molecule has 2 fully saturated rings. The number of hydrogen-bond donors (Lipinski definition) is 3. The number of rotatable bonds is 7. The second-order valence-electron chi connectivity index (χ2n) is 10.3. The topological polar surface area (TPSA) is 118 Å². The van der Waals surface area contributed by atoms with Crippen LogP contribution < -0.4 is 16.4 Å². The number of hydrogen-bond acceptors (Lipinski definition) is 8. The van der Waals surface area contributed by atoms with E-state index in [0.29, 0.717) is 28.1 Å². The maximum absolute atomic E-state index is 12.5. The number of nitrogens with one attached hydrogen (secondary N) is 2. The van der Waals surface area contributed by atoms with E-state index in [9.17, 15) is 4.79 Å². The molecule has 2 aromatic carbocycles. The van der Waals surface area contributed by atoms with Crippen LogP contribution in [0.1, 0.15) is 34.3 Å². The van der Waals surface area contributed by atoms with Gasteiger partial charge >= 0.3 is 0 Å². The molecule has 0 unspecified atom stereocenters. The van der Waals surface area contributed by atoms with Crippen LogP contribution in [0.4, 0.5) is 5.82 Å². The van der Waals surface area contributed by atoms with Crippen LogP contribution in [0.5, 0.6) is 0 Å². The maximum Gasteiger partial charge on any atom is 0.251 e. The van der Waals surface area contributed by atoms with Gasteiger partial charge in [-0.15, -0.1) is 0 Å². The highest BCUT2D eigenvalue weighted by Crippen LogP contribution is 2.35. The molecule has 0 spiro atoms. The highest BCUT2D eigenvalue weighted by Gasteiger charge is 2.35. The number of morpholine rings is 1. The Kier molecular flexibility index (Phi) is 7.19. The van der Waals surface area contributed by atoms with Gasteiger partial charge in [0.05, 0.1) is 30.0 Å². The van der Waals surface area contributed by atoms with Crippen molar-refractivity contribution in [3.63, 3.8) is 0 Å². The Hall–Kier alpha value is -3.92. The molecule has 0 bridgehead atoms. The summed E-state index contributed by atoms with van der Waals surface area (Å²) in [6.07, 6.45) is 3.42. The number of anilines is 1. The van der Waals surface area contributed by atoms with Crippen molar-refractivity contribution in [2.45, 2.75) is 24.9 Å². The Morgan fingerprint density at radius 1 is 1.05 bits per heavy atom. The Labute approximate surface area is 227 Å². The van der Waals surface area contributed by atoms with E-state index in [2.05, 4.69) is 61.9 Å². The quantitative estimate of drug-likeness (QED) is 0.338. The van der Waals surface area contributed by atoms with E-state index >= 15 is 0 Å². The third-order valence-electron chi connectivity index (χ3n) is 7.68. The number of primary amides is 1. The summed E-state index contributed by atoms with van der Waals surface area (Å²) in [6, 6.07) is 20.4. The number of nitrogens with two attached hydrogens (primary N) is 1. The van der Waals surface area contributed by atoms with E-state index in [0.717, 1.165) is 64.3 Å². The van der Waals surface area contributed by atoms with Crippen LogP contribution >= 0.6 is 0 Å². The normalized spacial score (nSPS) is 20.1. The van der Waals surface area contributed by atoms with E-state index in [1.807, 2.05) is 18.2 Å². The van der Waals surface area contributed by atoms with Gasteiger partial charge in [-0.3, -0.25) is 9.69 Å². The molecule has 4 N–H and O–H groups in total. The van der Waals surface area contributed by atoms with Crippen molar-refractivity contribution in [1.29, 1.82) is 0 Å². The van der Waals surface area contributed by atoms with Gasteiger partial charge in [-0.25, -0.2) is 15.0 Å². The summed E-state index contributed by atoms with van der Waals surface area (Å²) in [5.41, 5.74) is 10.7. The summed E-state index contributed by atoms with van der Waals surface area (Å²) in [7, 11) is 0. The molecule has 1 atom stereocenters. The predicted molar refractivity (Wildman–Crippen MR) is 151 cm³/mol. The Morgan fingerprint density at radius 2 is 1.85 bits per heavy atom. The number of piperidine rings is 1. The van der Waals surface area contributed by atoms with Crippen molar-refractivity contribution < 1.29 is 9.53 Å². The molecule has 4 heterocycles. The number of carbonyl (C=O) groups is 1. The number of nitrogens with zero attached hydrogens (tertiary/aromatic N) is 4. The molecular weight excluding hydrogens is 490 g/mol. The van der Waals surface area contributed by atoms with E-state index in [1.54, 1.807) is 6.07 Å². The van der Waals surface area contributed by atoms with Crippen LogP contribution in [-0.4, -0.2) is 65.2 Å². The molecule has 2 aliphatic heterocycles. The van der Waals surface area contributed by atoms with Crippen LogP contribution in [0.15, 0.2) is 67.0 Å². The number of ether oxygens (including phenoxy) is 1. The molecular formula is C30H33N7O2. The van der Waals surface area contributed by atoms with E-state index in [-0.39, 0.29) is 5.54 Å². The van der Waals surface area contributed by atoms with Gasteiger partial charge in [0, 0.05) is 31.7 Å². The van der Waals surface area contributed by atoms with Gasteiger partial charge in [-0.1, -0.05) is 54.6 Å². The molecule has 6 rings (SSSR count). The molecule has 4 aromatic rings. The molecule has 2 aromatic heterocycles. The zero-order valence-corrected chi connectivity index (χ0v) is 21.9. The monoisotopic (exact) mass is 523 g/mol. The fourth-order valence-corrected chi connectivity index (χ4v) is 5.58. The molecule has 39 heavy (non-hydrogen) atoms.